The molecule has 9 heteroatoms. The first-order chi connectivity index (χ1) is 13.5. The monoisotopic (exact) mass is 388 g/mol. The zero-order valence-electron chi connectivity index (χ0n) is 16.3. The fraction of sp³-hybridized carbons (Fsp3) is 0.421. The number of carbonyl (C=O) groups is 2. The Kier molecular flexibility index (Phi) is 5.84. The topological polar surface area (TPSA) is 104 Å². The SMILES string of the molecule is COC(=O)c1cc(OC)c(OC)cc1NC(=O)[C@H]1CNC[C@@H]1c1cnn(C)c1. The van der Waals surface area contributed by atoms with E-state index in [-0.39, 0.29) is 23.3 Å². The Bertz CT molecular complexity index is 879. The molecule has 1 saturated heterocycles. The van der Waals surface area contributed by atoms with Crippen molar-refractivity contribution in [2.24, 2.45) is 13.0 Å². The highest BCUT2D eigenvalue weighted by Crippen LogP contribution is 2.35. The van der Waals surface area contributed by atoms with Gasteiger partial charge in [-0.15, -0.1) is 0 Å². The van der Waals surface area contributed by atoms with Gasteiger partial charge in [0.1, 0.15) is 0 Å². The number of amides is 1. The molecule has 150 valence electrons. The molecule has 0 saturated carbocycles. The summed E-state index contributed by atoms with van der Waals surface area (Å²) in [5.41, 5.74) is 1.50. The summed E-state index contributed by atoms with van der Waals surface area (Å²) in [5, 5.41) is 10.3. The number of esters is 1. The smallest absolute Gasteiger partial charge is 0.340 e. The average molecular weight is 388 g/mol. The Hall–Kier alpha value is -3.07. The first kappa shape index (κ1) is 19.7. The number of aryl methyl sites for hydroxylation is 1. The summed E-state index contributed by atoms with van der Waals surface area (Å²) in [5.74, 6) is -0.311. The number of methoxy groups -OCH3 is 3. The maximum Gasteiger partial charge on any atom is 0.340 e. The van der Waals surface area contributed by atoms with E-state index in [0.29, 0.717) is 30.3 Å². The lowest BCUT2D eigenvalue weighted by Gasteiger charge is -2.19. The van der Waals surface area contributed by atoms with Crippen LogP contribution in [0.4, 0.5) is 5.69 Å². The van der Waals surface area contributed by atoms with Crippen LogP contribution in [0, 0.1) is 5.92 Å². The number of nitrogens with zero attached hydrogens (tertiary/aromatic N) is 2. The van der Waals surface area contributed by atoms with Crippen molar-refractivity contribution in [2.75, 3.05) is 39.7 Å². The van der Waals surface area contributed by atoms with Crippen molar-refractivity contribution in [3.8, 4) is 11.5 Å². The van der Waals surface area contributed by atoms with Crippen molar-refractivity contribution in [2.45, 2.75) is 5.92 Å². The molecule has 2 aromatic rings. The highest BCUT2D eigenvalue weighted by molar-refractivity contribution is 6.03. The van der Waals surface area contributed by atoms with Crippen molar-refractivity contribution in [1.29, 1.82) is 0 Å². The van der Waals surface area contributed by atoms with Crippen LogP contribution in [-0.2, 0) is 16.6 Å². The molecule has 2 heterocycles. The van der Waals surface area contributed by atoms with Crippen molar-refractivity contribution >= 4 is 17.6 Å². The van der Waals surface area contributed by atoms with Crippen molar-refractivity contribution in [3.63, 3.8) is 0 Å². The van der Waals surface area contributed by atoms with Crippen LogP contribution in [0.15, 0.2) is 24.5 Å². The number of benzene rings is 1. The van der Waals surface area contributed by atoms with Gasteiger partial charge in [0.15, 0.2) is 11.5 Å². The molecule has 1 aliphatic rings. The lowest BCUT2D eigenvalue weighted by atomic mass is 9.90. The van der Waals surface area contributed by atoms with Gasteiger partial charge in [0.05, 0.1) is 44.7 Å². The van der Waals surface area contributed by atoms with Gasteiger partial charge >= 0.3 is 5.97 Å². The Morgan fingerprint density at radius 3 is 2.50 bits per heavy atom. The molecule has 3 rings (SSSR count). The first-order valence-corrected chi connectivity index (χ1v) is 8.83. The largest absolute Gasteiger partial charge is 0.493 e. The summed E-state index contributed by atoms with van der Waals surface area (Å²) in [6.07, 6.45) is 3.68. The molecule has 1 aromatic heterocycles. The van der Waals surface area contributed by atoms with E-state index in [2.05, 4.69) is 15.7 Å². The normalized spacial score (nSPS) is 18.6. The van der Waals surface area contributed by atoms with Crippen molar-refractivity contribution in [3.05, 3.63) is 35.7 Å². The summed E-state index contributed by atoms with van der Waals surface area (Å²) >= 11 is 0. The van der Waals surface area contributed by atoms with E-state index >= 15 is 0 Å². The molecular weight excluding hydrogens is 364 g/mol. The minimum atomic E-state index is -0.579. The second kappa shape index (κ2) is 8.30. The maximum atomic E-state index is 13.0. The molecule has 28 heavy (non-hydrogen) atoms. The van der Waals surface area contributed by atoms with Gasteiger partial charge in [0, 0.05) is 44.4 Å². The Morgan fingerprint density at radius 1 is 1.18 bits per heavy atom. The first-order valence-electron chi connectivity index (χ1n) is 8.83. The molecule has 1 aromatic carbocycles. The van der Waals surface area contributed by atoms with Crippen LogP contribution in [0.1, 0.15) is 21.8 Å². The quantitative estimate of drug-likeness (QED) is 0.716. The van der Waals surface area contributed by atoms with Crippen LogP contribution >= 0.6 is 0 Å². The molecule has 0 radical (unpaired) electrons. The maximum absolute atomic E-state index is 13.0. The molecule has 1 aliphatic heterocycles. The molecular formula is C19H24N4O5. The Labute approximate surface area is 163 Å². The third-order valence-corrected chi connectivity index (χ3v) is 4.89. The second-order valence-corrected chi connectivity index (χ2v) is 6.55. The number of nitrogens with one attached hydrogen (secondary N) is 2. The van der Waals surface area contributed by atoms with E-state index in [1.165, 1.54) is 27.4 Å². The molecule has 1 amide bonds. The summed E-state index contributed by atoms with van der Waals surface area (Å²) in [4.78, 5) is 25.2. The molecule has 9 nitrogen and oxygen atoms in total. The standard InChI is InChI=1S/C19H24N4O5/c1-23-10-11(7-21-23)13-8-20-9-14(13)18(24)22-15-6-17(27-3)16(26-2)5-12(15)19(25)28-4/h5-7,10,13-14,20H,8-9H2,1-4H3,(H,22,24)/t13-,14+/m1/s1. The number of ether oxygens (including phenoxy) is 3. The minimum absolute atomic E-state index is 0.00424. The highest BCUT2D eigenvalue weighted by Gasteiger charge is 2.35. The highest BCUT2D eigenvalue weighted by atomic mass is 16.5. The summed E-state index contributed by atoms with van der Waals surface area (Å²) in [6.45, 7) is 1.21. The lowest BCUT2D eigenvalue weighted by molar-refractivity contribution is -0.119. The van der Waals surface area contributed by atoms with Gasteiger partial charge in [0.25, 0.3) is 0 Å². The van der Waals surface area contributed by atoms with Crippen LogP contribution in [0.25, 0.3) is 0 Å². The van der Waals surface area contributed by atoms with Crippen LogP contribution in [0.5, 0.6) is 11.5 Å². The number of aromatic nitrogens is 2. The predicted octanol–water partition coefficient (Wildman–Crippen LogP) is 1.17. The molecule has 2 N–H and O–H groups in total. The lowest BCUT2D eigenvalue weighted by Crippen LogP contribution is -2.28. The second-order valence-electron chi connectivity index (χ2n) is 6.55. The summed E-state index contributed by atoms with van der Waals surface area (Å²) < 4.78 is 17.1. The van der Waals surface area contributed by atoms with E-state index in [1.807, 2.05) is 13.2 Å². The van der Waals surface area contributed by atoms with Crippen LogP contribution < -0.4 is 20.1 Å². The summed E-state index contributed by atoms with van der Waals surface area (Å²) in [6, 6.07) is 3.05. The van der Waals surface area contributed by atoms with E-state index in [0.717, 1.165) is 5.56 Å². The zero-order valence-corrected chi connectivity index (χ0v) is 16.3. The number of carbonyl (C=O) groups excluding carboxylic acids is 2. The number of hydrogen-bond donors (Lipinski definition) is 2. The van der Waals surface area contributed by atoms with Crippen LogP contribution in [-0.4, -0.2) is 56.1 Å². The van der Waals surface area contributed by atoms with Crippen molar-refractivity contribution in [1.82, 2.24) is 15.1 Å². The van der Waals surface area contributed by atoms with E-state index < -0.39 is 5.97 Å². The van der Waals surface area contributed by atoms with Gasteiger partial charge < -0.3 is 24.8 Å². The third kappa shape index (κ3) is 3.79. The Balaban J connectivity index is 1.89. The number of hydrogen-bond acceptors (Lipinski definition) is 7. The molecule has 0 aliphatic carbocycles. The minimum Gasteiger partial charge on any atom is -0.493 e. The fourth-order valence-electron chi connectivity index (χ4n) is 3.42. The number of rotatable bonds is 6. The van der Waals surface area contributed by atoms with Crippen molar-refractivity contribution < 1.29 is 23.8 Å². The zero-order chi connectivity index (χ0) is 20.3. The molecule has 0 bridgehead atoms. The van der Waals surface area contributed by atoms with Gasteiger partial charge in [-0.3, -0.25) is 9.48 Å². The summed E-state index contributed by atoms with van der Waals surface area (Å²) in [7, 11) is 6.08. The van der Waals surface area contributed by atoms with E-state index in [4.69, 9.17) is 14.2 Å². The molecule has 0 unspecified atom stereocenters. The van der Waals surface area contributed by atoms with Crippen LogP contribution in [0.2, 0.25) is 0 Å². The average Bonchev–Trinajstić information content (AvgIpc) is 3.35. The van der Waals surface area contributed by atoms with Crippen LogP contribution in [0.3, 0.4) is 0 Å². The molecule has 1 fully saturated rings. The third-order valence-electron chi connectivity index (χ3n) is 4.89. The van der Waals surface area contributed by atoms with Gasteiger partial charge in [-0.1, -0.05) is 0 Å². The van der Waals surface area contributed by atoms with E-state index in [9.17, 15) is 9.59 Å². The predicted molar refractivity (Wildman–Crippen MR) is 102 cm³/mol. The van der Waals surface area contributed by atoms with Gasteiger partial charge in [-0.05, 0) is 5.56 Å². The van der Waals surface area contributed by atoms with E-state index in [1.54, 1.807) is 16.9 Å². The fourth-order valence-corrected chi connectivity index (χ4v) is 3.42. The number of anilines is 1. The Morgan fingerprint density at radius 2 is 1.89 bits per heavy atom. The molecule has 0 spiro atoms. The van der Waals surface area contributed by atoms with Gasteiger partial charge in [-0.2, -0.15) is 5.10 Å². The molecule has 2 atom stereocenters. The van der Waals surface area contributed by atoms with Gasteiger partial charge in [0.2, 0.25) is 5.91 Å². The van der Waals surface area contributed by atoms with Gasteiger partial charge in [-0.25, -0.2) is 4.79 Å².